The number of nitrogens with zero attached hydrogens (tertiary/aromatic N) is 1. The fourth-order valence-electron chi connectivity index (χ4n) is 3.17. The minimum atomic E-state index is -0.624. The zero-order valence-electron chi connectivity index (χ0n) is 15.2. The number of hydrogen-bond acceptors (Lipinski definition) is 4. The van der Waals surface area contributed by atoms with Crippen molar-refractivity contribution in [2.24, 2.45) is 5.73 Å². The summed E-state index contributed by atoms with van der Waals surface area (Å²) in [6, 6.07) is 11.6. The second kappa shape index (κ2) is 8.22. The highest BCUT2D eigenvalue weighted by atomic mass is 19.1. The monoisotopic (exact) mass is 370 g/mol. The average Bonchev–Trinajstić information content (AvgIpc) is 2.66. The highest BCUT2D eigenvalue weighted by Gasteiger charge is 2.22. The molecule has 0 radical (unpaired) electrons. The van der Waals surface area contributed by atoms with Gasteiger partial charge in [0.2, 0.25) is 0 Å². The standard InChI is InChI=1S/C21H23FN2O3/c1-14(25)13-27-19-4-2-3-18(21(23)26)20(19)24-11-9-16(10-12-24)15-5-7-17(22)8-6-15/h2-9,14,25H,10-13H2,1H3,(H2,23,26). The van der Waals surface area contributed by atoms with Gasteiger partial charge in [0, 0.05) is 13.1 Å². The Bertz CT molecular complexity index is 847. The maximum atomic E-state index is 13.1. The van der Waals surface area contributed by atoms with E-state index in [9.17, 15) is 14.3 Å². The van der Waals surface area contributed by atoms with E-state index in [1.54, 1.807) is 37.3 Å². The van der Waals surface area contributed by atoms with E-state index in [0.717, 1.165) is 17.6 Å². The molecule has 1 atom stereocenters. The number of carbonyl (C=O) groups is 1. The van der Waals surface area contributed by atoms with E-state index in [1.807, 2.05) is 4.90 Å². The first-order chi connectivity index (χ1) is 13.0. The summed E-state index contributed by atoms with van der Waals surface area (Å²) in [5, 5.41) is 9.51. The number of rotatable bonds is 6. The van der Waals surface area contributed by atoms with Crippen LogP contribution in [0.1, 0.15) is 29.3 Å². The van der Waals surface area contributed by atoms with Gasteiger partial charge in [-0.1, -0.05) is 24.3 Å². The molecule has 1 amide bonds. The van der Waals surface area contributed by atoms with E-state index in [2.05, 4.69) is 6.08 Å². The zero-order valence-corrected chi connectivity index (χ0v) is 15.2. The number of nitrogens with two attached hydrogens (primary N) is 1. The molecule has 27 heavy (non-hydrogen) atoms. The van der Waals surface area contributed by atoms with Gasteiger partial charge in [0.1, 0.15) is 18.2 Å². The van der Waals surface area contributed by atoms with E-state index >= 15 is 0 Å². The van der Waals surface area contributed by atoms with Gasteiger partial charge < -0.3 is 20.5 Å². The molecular weight excluding hydrogens is 347 g/mol. The lowest BCUT2D eigenvalue weighted by Crippen LogP contribution is -2.31. The molecule has 0 spiro atoms. The SMILES string of the molecule is CC(O)COc1cccc(C(N)=O)c1N1CC=C(c2ccc(F)cc2)CC1. The lowest BCUT2D eigenvalue weighted by Gasteiger charge is -2.31. The van der Waals surface area contributed by atoms with Crippen LogP contribution in [0.2, 0.25) is 0 Å². The molecule has 1 unspecified atom stereocenters. The molecule has 1 aliphatic rings. The number of carbonyl (C=O) groups excluding carboxylic acids is 1. The fraction of sp³-hybridized carbons (Fsp3) is 0.286. The van der Waals surface area contributed by atoms with Crippen LogP contribution in [0.5, 0.6) is 5.75 Å². The number of primary amides is 1. The van der Waals surface area contributed by atoms with E-state index in [1.165, 1.54) is 12.1 Å². The highest BCUT2D eigenvalue weighted by Crippen LogP contribution is 2.35. The number of aliphatic hydroxyl groups excluding tert-OH is 1. The predicted octanol–water partition coefficient (Wildman–Crippen LogP) is 2.98. The summed E-state index contributed by atoms with van der Waals surface area (Å²) in [6.45, 7) is 3.00. The lowest BCUT2D eigenvalue weighted by molar-refractivity contribution is 0.1000. The third-order valence-electron chi connectivity index (χ3n) is 4.48. The Kier molecular flexibility index (Phi) is 5.76. The van der Waals surface area contributed by atoms with E-state index in [-0.39, 0.29) is 12.4 Å². The molecule has 3 N–H and O–H groups in total. The van der Waals surface area contributed by atoms with E-state index in [0.29, 0.717) is 30.1 Å². The summed E-state index contributed by atoms with van der Waals surface area (Å²) in [5.41, 5.74) is 8.71. The second-order valence-electron chi connectivity index (χ2n) is 6.61. The molecule has 6 heteroatoms. The van der Waals surface area contributed by atoms with Crippen LogP contribution in [-0.2, 0) is 0 Å². The Balaban J connectivity index is 1.87. The van der Waals surface area contributed by atoms with Gasteiger partial charge in [-0.25, -0.2) is 4.39 Å². The number of halogens is 1. The number of anilines is 1. The Morgan fingerprint density at radius 1 is 1.30 bits per heavy atom. The largest absolute Gasteiger partial charge is 0.489 e. The molecule has 0 aliphatic carbocycles. The predicted molar refractivity (Wildman–Crippen MR) is 103 cm³/mol. The molecular formula is C21H23FN2O3. The first-order valence-corrected chi connectivity index (χ1v) is 8.89. The number of aliphatic hydroxyl groups is 1. The van der Waals surface area contributed by atoms with Gasteiger partial charge in [-0.3, -0.25) is 4.79 Å². The van der Waals surface area contributed by atoms with Crippen molar-refractivity contribution in [1.29, 1.82) is 0 Å². The van der Waals surface area contributed by atoms with Gasteiger partial charge in [-0.2, -0.15) is 0 Å². The Morgan fingerprint density at radius 3 is 2.63 bits per heavy atom. The Morgan fingerprint density at radius 2 is 2.04 bits per heavy atom. The van der Waals surface area contributed by atoms with Crippen molar-refractivity contribution in [3.63, 3.8) is 0 Å². The summed E-state index contributed by atoms with van der Waals surface area (Å²) in [6.07, 6.45) is 2.18. The number of para-hydroxylation sites is 1. The average molecular weight is 370 g/mol. The van der Waals surface area contributed by atoms with Crippen molar-refractivity contribution in [1.82, 2.24) is 0 Å². The lowest BCUT2D eigenvalue weighted by atomic mass is 9.98. The molecule has 2 aromatic rings. The van der Waals surface area contributed by atoms with Gasteiger partial charge in [0.15, 0.2) is 0 Å². The Labute approximate surface area is 157 Å². The Hall–Kier alpha value is -2.86. The quantitative estimate of drug-likeness (QED) is 0.820. The summed E-state index contributed by atoms with van der Waals surface area (Å²) < 4.78 is 18.8. The van der Waals surface area contributed by atoms with Crippen molar-refractivity contribution in [3.8, 4) is 5.75 Å². The molecule has 0 aromatic heterocycles. The summed E-state index contributed by atoms with van der Waals surface area (Å²) in [7, 11) is 0. The van der Waals surface area contributed by atoms with Crippen LogP contribution < -0.4 is 15.4 Å². The van der Waals surface area contributed by atoms with Crippen LogP contribution >= 0.6 is 0 Å². The number of benzene rings is 2. The molecule has 1 heterocycles. The zero-order chi connectivity index (χ0) is 19.4. The highest BCUT2D eigenvalue weighted by molar-refractivity contribution is 6.00. The van der Waals surface area contributed by atoms with Crippen molar-refractivity contribution < 1.29 is 19.0 Å². The van der Waals surface area contributed by atoms with Gasteiger partial charge in [-0.15, -0.1) is 0 Å². The number of ether oxygens (including phenoxy) is 1. The van der Waals surface area contributed by atoms with Crippen LogP contribution in [0.15, 0.2) is 48.5 Å². The third-order valence-corrected chi connectivity index (χ3v) is 4.48. The molecule has 3 rings (SSSR count). The third kappa shape index (κ3) is 4.46. The molecule has 0 bridgehead atoms. The maximum Gasteiger partial charge on any atom is 0.250 e. The van der Waals surface area contributed by atoms with Gasteiger partial charge in [-0.05, 0) is 48.7 Å². The molecule has 5 nitrogen and oxygen atoms in total. The van der Waals surface area contributed by atoms with Crippen molar-refractivity contribution in [3.05, 3.63) is 65.5 Å². The minimum Gasteiger partial charge on any atom is -0.489 e. The summed E-state index contributed by atoms with van der Waals surface area (Å²) in [4.78, 5) is 13.9. The molecule has 0 saturated carbocycles. The van der Waals surface area contributed by atoms with Gasteiger partial charge in [0.25, 0.3) is 5.91 Å². The number of amides is 1. The van der Waals surface area contributed by atoms with Gasteiger partial charge >= 0.3 is 0 Å². The van der Waals surface area contributed by atoms with Crippen LogP contribution in [0, 0.1) is 5.82 Å². The van der Waals surface area contributed by atoms with E-state index in [4.69, 9.17) is 10.5 Å². The van der Waals surface area contributed by atoms with Crippen LogP contribution in [0.3, 0.4) is 0 Å². The topological polar surface area (TPSA) is 75.8 Å². The first-order valence-electron chi connectivity index (χ1n) is 8.89. The van der Waals surface area contributed by atoms with Crippen LogP contribution in [-0.4, -0.2) is 36.8 Å². The number of hydrogen-bond donors (Lipinski definition) is 2. The van der Waals surface area contributed by atoms with Crippen molar-refractivity contribution >= 4 is 17.2 Å². The fourth-order valence-corrected chi connectivity index (χ4v) is 3.17. The van der Waals surface area contributed by atoms with Crippen LogP contribution in [0.4, 0.5) is 10.1 Å². The van der Waals surface area contributed by atoms with Crippen molar-refractivity contribution in [2.75, 3.05) is 24.6 Å². The first kappa shape index (κ1) is 18.9. The molecule has 0 saturated heterocycles. The summed E-state index contributed by atoms with van der Waals surface area (Å²) >= 11 is 0. The van der Waals surface area contributed by atoms with Gasteiger partial charge in [0.05, 0.1) is 17.4 Å². The van der Waals surface area contributed by atoms with Crippen LogP contribution in [0.25, 0.3) is 5.57 Å². The molecule has 2 aromatic carbocycles. The minimum absolute atomic E-state index is 0.125. The molecule has 0 fully saturated rings. The van der Waals surface area contributed by atoms with Crippen molar-refractivity contribution in [2.45, 2.75) is 19.4 Å². The molecule has 1 aliphatic heterocycles. The molecule has 142 valence electrons. The normalized spacial score (nSPS) is 15.2. The van der Waals surface area contributed by atoms with E-state index < -0.39 is 12.0 Å². The maximum absolute atomic E-state index is 13.1. The smallest absolute Gasteiger partial charge is 0.250 e. The second-order valence-corrected chi connectivity index (χ2v) is 6.61. The summed E-state index contributed by atoms with van der Waals surface area (Å²) in [5.74, 6) is -0.265.